The molecule has 3 aromatic rings. The topological polar surface area (TPSA) is 101 Å². The number of carboxylic acid groups (broad SMARTS) is 1. The molecule has 3 aromatic carbocycles. The summed E-state index contributed by atoms with van der Waals surface area (Å²) in [5.41, 5.74) is 1.69. The molecule has 204 valence electrons. The van der Waals surface area contributed by atoms with Crippen molar-refractivity contribution in [1.82, 2.24) is 4.90 Å². The predicted octanol–water partition coefficient (Wildman–Crippen LogP) is 5.58. The SMILES string of the molecule is CC(C)C(=O)O.Oc1cccc(C(O)CCCN2CCC(C(O)(c3ccccc3)c3ccccc3)CC2)c1. The highest BCUT2D eigenvalue weighted by Gasteiger charge is 2.41. The Kier molecular flexibility index (Phi) is 10.9. The van der Waals surface area contributed by atoms with Gasteiger partial charge in [0.05, 0.1) is 12.0 Å². The Labute approximate surface area is 226 Å². The first kappa shape index (κ1) is 29.4. The smallest absolute Gasteiger partial charge is 0.305 e. The zero-order chi connectivity index (χ0) is 27.5. The molecule has 6 nitrogen and oxygen atoms in total. The molecule has 0 saturated carbocycles. The van der Waals surface area contributed by atoms with Crippen molar-refractivity contribution in [2.45, 2.75) is 51.2 Å². The zero-order valence-electron chi connectivity index (χ0n) is 22.4. The second kappa shape index (κ2) is 14.1. The number of benzene rings is 3. The standard InChI is InChI=1S/C28H33NO3.C4H8O2/c30-26-14-7-9-22(21-26)27(31)15-8-18-29-19-16-25(17-20-29)28(32,23-10-3-1-4-11-23)24-12-5-2-6-13-24;1-3(2)4(5)6/h1-7,9-14,21,25,27,30-32H,8,15-20H2;3H,1-2H3,(H,5,6). The van der Waals surface area contributed by atoms with Crippen LogP contribution in [0.1, 0.15) is 62.3 Å². The van der Waals surface area contributed by atoms with E-state index in [-0.39, 0.29) is 17.6 Å². The van der Waals surface area contributed by atoms with Crippen LogP contribution in [-0.4, -0.2) is 50.9 Å². The maximum Gasteiger partial charge on any atom is 0.305 e. The molecule has 0 spiro atoms. The number of aliphatic hydroxyl groups is 2. The number of hydrogen-bond acceptors (Lipinski definition) is 5. The van der Waals surface area contributed by atoms with Crippen molar-refractivity contribution >= 4 is 5.97 Å². The van der Waals surface area contributed by atoms with E-state index in [1.165, 1.54) is 0 Å². The van der Waals surface area contributed by atoms with E-state index >= 15 is 0 Å². The summed E-state index contributed by atoms with van der Waals surface area (Å²) >= 11 is 0. The summed E-state index contributed by atoms with van der Waals surface area (Å²) in [7, 11) is 0. The van der Waals surface area contributed by atoms with E-state index in [4.69, 9.17) is 5.11 Å². The lowest BCUT2D eigenvalue weighted by atomic mass is 9.72. The Morgan fingerprint density at radius 3 is 1.92 bits per heavy atom. The number of carboxylic acids is 1. The Morgan fingerprint density at radius 1 is 0.921 bits per heavy atom. The molecule has 0 amide bonds. The third-order valence-corrected chi connectivity index (χ3v) is 7.31. The molecule has 4 rings (SSSR count). The van der Waals surface area contributed by atoms with Gasteiger partial charge in [0.2, 0.25) is 0 Å². The monoisotopic (exact) mass is 519 g/mol. The molecule has 6 heteroatoms. The van der Waals surface area contributed by atoms with Gasteiger partial charge in [-0.15, -0.1) is 0 Å². The number of carbonyl (C=O) groups is 1. The minimum atomic E-state index is -0.986. The van der Waals surface area contributed by atoms with Crippen LogP contribution >= 0.6 is 0 Å². The second-order valence-electron chi connectivity index (χ2n) is 10.4. The lowest BCUT2D eigenvalue weighted by molar-refractivity contribution is -0.140. The molecule has 1 saturated heterocycles. The second-order valence-corrected chi connectivity index (χ2v) is 10.4. The number of aliphatic hydroxyl groups excluding tert-OH is 1. The van der Waals surface area contributed by atoms with Crippen LogP contribution in [0.5, 0.6) is 5.75 Å². The highest BCUT2D eigenvalue weighted by molar-refractivity contribution is 5.68. The van der Waals surface area contributed by atoms with E-state index in [2.05, 4.69) is 4.90 Å². The number of likely N-dealkylation sites (tertiary alicyclic amines) is 1. The first-order chi connectivity index (χ1) is 18.2. The molecule has 1 atom stereocenters. The van der Waals surface area contributed by atoms with Gasteiger partial charge in [-0.1, -0.05) is 86.6 Å². The number of hydrogen-bond donors (Lipinski definition) is 4. The van der Waals surface area contributed by atoms with Crippen LogP contribution in [0.15, 0.2) is 84.9 Å². The quantitative estimate of drug-likeness (QED) is 0.294. The van der Waals surface area contributed by atoms with E-state index < -0.39 is 17.7 Å². The lowest BCUT2D eigenvalue weighted by Crippen LogP contribution is -2.44. The van der Waals surface area contributed by atoms with Gasteiger partial charge in [-0.2, -0.15) is 0 Å². The molecule has 0 aliphatic carbocycles. The zero-order valence-corrected chi connectivity index (χ0v) is 22.4. The number of phenolic OH excluding ortho intramolecular Hbond substituents is 1. The number of aromatic hydroxyl groups is 1. The van der Waals surface area contributed by atoms with Gasteiger partial charge in [-0.3, -0.25) is 4.79 Å². The molecule has 4 N–H and O–H groups in total. The molecular formula is C32H41NO5. The highest BCUT2D eigenvalue weighted by atomic mass is 16.4. The molecule has 0 radical (unpaired) electrons. The molecule has 1 unspecified atom stereocenters. The van der Waals surface area contributed by atoms with Crippen LogP contribution in [0.2, 0.25) is 0 Å². The van der Waals surface area contributed by atoms with Crippen LogP contribution in [0.4, 0.5) is 0 Å². The molecule has 1 aliphatic heterocycles. The normalized spacial score (nSPS) is 15.5. The van der Waals surface area contributed by atoms with Crippen molar-refractivity contribution in [2.24, 2.45) is 11.8 Å². The van der Waals surface area contributed by atoms with Gasteiger partial charge in [0.1, 0.15) is 11.4 Å². The van der Waals surface area contributed by atoms with Gasteiger partial charge in [0.15, 0.2) is 0 Å². The third-order valence-electron chi connectivity index (χ3n) is 7.31. The number of nitrogens with zero attached hydrogens (tertiary/aromatic N) is 1. The van der Waals surface area contributed by atoms with Crippen LogP contribution in [0.3, 0.4) is 0 Å². The number of rotatable bonds is 9. The van der Waals surface area contributed by atoms with Gasteiger partial charge in [-0.25, -0.2) is 0 Å². The van der Waals surface area contributed by atoms with Crippen LogP contribution < -0.4 is 0 Å². The molecular weight excluding hydrogens is 478 g/mol. The summed E-state index contributed by atoms with van der Waals surface area (Å²) in [6, 6.07) is 26.9. The Hall–Kier alpha value is -3.19. The lowest BCUT2D eigenvalue weighted by Gasteiger charge is -2.42. The largest absolute Gasteiger partial charge is 0.508 e. The summed E-state index contributed by atoms with van der Waals surface area (Å²) in [6.07, 6.45) is 2.86. The highest BCUT2D eigenvalue weighted by Crippen LogP contribution is 2.42. The van der Waals surface area contributed by atoms with E-state index in [9.17, 15) is 20.1 Å². The average molecular weight is 520 g/mol. The van der Waals surface area contributed by atoms with Gasteiger partial charge in [0.25, 0.3) is 0 Å². The maximum atomic E-state index is 12.0. The van der Waals surface area contributed by atoms with E-state index in [0.717, 1.165) is 55.6 Å². The van der Waals surface area contributed by atoms with Crippen LogP contribution in [0.25, 0.3) is 0 Å². The van der Waals surface area contributed by atoms with Gasteiger partial charge >= 0.3 is 5.97 Å². The fourth-order valence-corrected chi connectivity index (χ4v) is 5.00. The number of phenols is 1. The van der Waals surface area contributed by atoms with Crippen molar-refractivity contribution in [3.8, 4) is 5.75 Å². The fraction of sp³-hybridized carbons (Fsp3) is 0.406. The number of piperidine rings is 1. The molecule has 38 heavy (non-hydrogen) atoms. The van der Waals surface area contributed by atoms with Crippen molar-refractivity contribution in [3.05, 3.63) is 102 Å². The van der Waals surface area contributed by atoms with Gasteiger partial charge < -0.3 is 25.3 Å². The molecule has 0 aromatic heterocycles. The van der Waals surface area contributed by atoms with E-state index in [1.54, 1.807) is 32.0 Å². The molecule has 1 aliphatic rings. The number of aliphatic carboxylic acids is 1. The van der Waals surface area contributed by atoms with Crippen LogP contribution in [0, 0.1) is 11.8 Å². The predicted molar refractivity (Wildman–Crippen MR) is 150 cm³/mol. The molecule has 1 fully saturated rings. The maximum absolute atomic E-state index is 12.0. The van der Waals surface area contributed by atoms with Gasteiger partial charge in [0, 0.05) is 0 Å². The Morgan fingerprint density at radius 2 is 1.45 bits per heavy atom. The fourth-order valence-electron chi connectivity index (χ4n) is 5.00. The first-order valence-electron chi connectivity index (χ1n) is 13.5. The van der Waals surface area contributed by atoms with E-state index in [0.29, 0.717) is 6.42 Å². The van der Waals surface area contributed by atoms with Crippen molar-refractivity contribution < 1.29 is 25.2 Å². The minimum Gasteiger partial charge on any atom is -0.508 e. The van der Waals surface area contributed by atoms with Gasteiger partial charge in [-0.05, 0) is 80.1 Å². The van der Waals surface area contributed by atoms with Crippen molar-refractivity contribution in [1.29, 1.82) is 0 Å². The van der Waals surface area contributed by atoms with Crippen molar-refractivity contribution in [2.75, 3.05) is 19.6 Å². The summed E-state index contributed by atoms with van der Waals surface area (Å²) in [6.45, 7) is 6.09. The Balaban J connectivity index is 0.000000599. The molecule has 1 heterocycles. The first-order valence-corrected chi connectivity index (χ1v) is 13.5. The summed E-state index contributed by atoms with van der Waals surface area (Å²) < 4.78 is 0. The molecule has 0 bridgehead atoms. The average Bonchev–Trinajstić information content (AvgIpc) is 2.94. The summed E-state index contributed by atoms with van der Waals surface area (Å²) in [5, 5.41) is 40.0. The minimum absolute atomic E-state index is 0.154. The van der Waals surface area contributed by atoms with E-state index in [1.807, 2.05) is 66.7 Å². The summed E-state index contributed by atoms with van der Waals surface area (Å²) in [4.78, 5) is 12.1. The summed E-state index contributed by atoms with van der Waals surface area (Å²) in [5.74, 6) is -0.630. The Bertz CT molecular complexity index is 1070. The third kappa shape index (κ3) is 7.90. The van der Waals surface area contributed by atoms with Crippen molar-refractivity contribution in [3.63, 3.8) is 0 Å². The van der Waals surface area contributed by atoms with Crippen LogP contribution in [-0.2, 0) is 10.4 Å².